The normalized spacial score (nSPS) is 9.95. The van der Waals surface area contributed by atoms with Crippen molar-refractivity contribution in [2.75, 3.05) is 31.3 Å². The Morgan fingerprint density at radius 1 is 1.16 bits per heavy atom. The molecular formula is C14H17N3O2. The number of ether oxygens (including phenoxy) is 2. The highest BCUT2D eigenvalue weighted by Gasteiger charge is 1.98. The third kappa shape index (κ3) is 3.77. The first kappa shape index (κ1) is 13.0. The monoisotopic (exact) mass is 259 g/mol. The quantitative estimate of drug-likeness (QED) is 0.778. The summed E-state index contributed by atoms with van der Waals surface area (Å²) in [7, 11) is 1.64. The number of nitrogens with one attached hydrogen (secondary N) is 1. The van der Waals surface area contributed by atoms with Gasteiger partial charge in [-0.15, -0.1) is 0 Å². The standard InChI is InChI=1S/C14H17N3O2/c1-18-11-4-6-12(7-5-11)19-10-9-17-14-13(15)3-2-8-16-14/h2-8H,9-10,15H2,1H3,(H,16,17). The molecule has 5 nitrogen and oxygen atoms in total. The van der Waals surface area contributed by atoms with Gasteiger partial charge in [-0.3, -0.25) is 0 Å². The van der Waals surface area contributed by atoms with Gasteiger partial charge in [0.2, 0.25) is 0 Å². The van der Waals surface area contributed by atoms with Crippen molar-refractivity contribution in [2.24, 2.45) is 0 Å². The van der Waals surface area contributed by atoms with E-state index in [2.05, 4.69) is 10.3 Å². The van der Waals surface area contributed by atoms with Crippen molar-refractivity contribution < 1.29 is 9.47 Å². The summed E-state index contributed by atoms with van der Waals surface area (Å²) >= 11 is 0. The average Bonchev–Trinajstić information content (AvgIpc) is 2.46. The zero-order valence-electron chi connectivity index (χ0n) is 10.8. The van der Waals surface area contributed by atoms with E-state index in [1.54, 1.807) is 25.4 Å². The number of pyridine rings is 1. The van der Waals surface area contributed by atoms with Crippen LogP contribution in [0.15, 0.2) is 42.6 Å². The van der Waals surface area contributed by atoms with Gasteiger partial charge in [0, 0.05) is 6.20 Å². The molecule has 100 valence electrons. The first-order valence-corrected chi connectivity index (χ1v) is 6.01. The lowest BCUT2D eigenvalue weighted by Crippen LogP contribution is -2.13. The second kappa shape index (κ2) is 6.49. The van der Waals surface area contributed by atoms with Gasteiger partial charge < -0.3 is 20.5 Å². The largest absolute Gasteiger partial charge is 0.497 e. The maximum atomic E-state index is 5.77. The van der Waals surface area contributed by atoms with Crippen molar-refractivity contribution in [3.8, 4) is 11.5 Å². The number of benzene rings is 1. The van der Waals surface area contributed by atoms with Crippen LogP contribution in [0.2, 0.25) is 0 Å². The molecule has 0 saturated heterocycles. The molecule has 5 heteroatoms. The minimum absolute atomic E-state index is 0.530. The van der Waals surface area contributed by atoms with Crippen LogP contribution in [0.5, 0.6) is 11.5 Å². The summed E-state index contributed by atoms with van der Waals surface area (Å²) in [5.41, 5.74) is 6.40. The Hall–Kier alpha value is -2.43. The smallest absolute Gasteiger partial charge is 0.149 e. The molecule has 1 aromatic heterocycles. The van der Waals surface area contributed by atoms with Crippen molar-refractivity contribution in [1.29, 1.82) is 0 Å². The SMILES string of the molecule is COc1ccc(OCCNc2ncccc2N)cc1. The minimum atomic E-state index is 0.530. The van der Waals surface area contributed by atoms with Gasteiger partial charge in [0.25, 0.3) is 0 Å². The van der Waals surface area contributed by atoms with Gasteiger partial charge in [0.15, 0.2) is 0 Å². The lowest BCUT2D eigenvalue weighted by Gasteiger charge is -2.09. The molecule has 0 bridgehead atoms. The van der Waals surface area contributed by atoms with E-state index in [1.165, 1.54) is 0 Å². The average molecular weight is 259 g/mol. The fraction of sp³-hybridized carbons (Fsp3) is 0.214. The Morgan fingerprint density at radius 2 is 1.89 bits per heavy atom. The fourth-order valence-electron chi connectivity index (χ4n) is 1.58. The van der Waals surface area contributed by atoms with E-state index in [1.807, 2.05) is 24.3 Å². The molecule has 0 fully saturated rings. The number of rotatable bonds is 6. The maximum absolute atomic E-state index is 5.77. The fourth-order valence-corrected chi connectivity index (χ4v) is 1.58. The van der Waals surface area contributed by atoms with Crippen LogP contribution in [0, 0.1) is 0 Å². The minimum Gasteiger partial charge on any atom is -0.497 e. The molecule has 0 spiro atoms. The van der Waals surface area contributed by atoms with Crippen LogP contribution in [0.25, 0.3) is 0 Å². The molecule has 0 saturated carbocycles. The van der Waals surface area contributed by atoms with Crippen LogP contribution in [0.4, 0.5) is 11.5 Å². The molecule has 0 atom stereocenters. The Balaban J connectivity index is 1.76. The number of methoxy groups -OCH3 is 1. The third-order valence-electron chi connectivity index (χ3n) is 2.56. The van der Waals surface area contributed by atoms with E-state index < -0.39 is 0 Å². The lowest BCUT2D eigenvalue weighted by atomic mass is 10.3. The Bertz CT molecular complexity index is 514. The molecule has 0 aliphatic carbocycles. The van der Waals surface area contributed by atoms with Crippen LogP contribution >= 0.6 is 0 Å². The number of hydrogen-bond acceptors (Lipinski definition) is 5. The number of anilines is 2. The number of nitrogens with two attached hydrogens (primary N) is 1. The Morgan fingerprint density at radius 3 is 2.58 bits per heavy atom. The topological polar surface area (TPSA) is 69.4 Å². The molecular weight excluding hydrogens is 242 g/mol. The van der Waals surface area contributed by atoms with Gasteiger partial charge in [-0.1, -0.05) is 0 Å². The van der Waals surface area contributed by atoms with Crippen LogP contribution in [0.3, 0.4) is 0 Å². The summed E-state index contributed by atoms with van der Waals surface area (Å²) in [5, 5.41) is 3.12. The zero-order chi connectivity index (χ0) is 13.5. The first-order valence-electron chi connectivity index (χ1n) is 6.01. The predicted octanol–water partition coefficient (Wildman–Crippen LogP) is 2.16. The lowest BCUT2D eigenvalue weighted by molar-refractivity contribution is 0.331. The predicted molar refractivity (Wildman–Crippen MR) is 75.6 cm³/mol. The maximum Gasteiger partial charge on any atom is 0.149 e. The number of nitrogen functional groups attached to an aromatic ring is 1. The van der Waals surface area contributed by atoms with Crippen molar-refractivity contribution in [3.63, 3.8) is 0 Å². The second-order valence-electron chi connectivity index (χ2n) is 3.89. The number of nitrogens with zero attached hydrogens (tertiary/aromatic N) is 1. The van der Waals surface area contributed by atoms with E-state index in [9.17, 15) is 0 Å². The summed E-state index contributed by atoms with van der Waals surface area (Å²) in [6.07, 6.45) is 1.70. The summed E-state index contributed by atoms with van der Waals surface area (Å²) in [6, 6.07) is 11.1. The molecule has 0 amide bonds. The van der Waals surface area contributed by atoms with Gasteiger partial charge in [-0.05, 0) is 36.4 Å². The summed E-state index contributed by atoms with van der Waals surface area (Å²) < 4.78 is 10.7. The van der Waals surface area contributed by atoms with Gasteiger partial charge in [-0.2, -0.15) is 0 Å². The van der Waals surface area contributed by atoms with E-state index in [0.29, 0.717) is 24.7 Å². The second-order valence-corrected chi connectivity index (χ2v) is 3.89. The summed E-state index contributed by atoms with van der Waals surface area (Å²) in [4.78, 5) is 4.14. The van der Waals surface area contributed by atoms with E-state index in [4.69, 9.17) is 15.2 Å². The molecule has 19 heavy (non-hydrogen) atoms. The van der Waals surface area contributed by atoms with Crippen molar-refractivity contribution in [2.45, 2.75) is 0 Å². The summed E-state index contributed by atoms with van der Waals surface area (Å²) in [5.74, 6) is 2.30. The molecule has 2 aromatic rings. The van der Waals surface area contributed by atoms with Crippen molar-refractivity contribution >= 4 is 11.5 Å². The van der Waals surface area contributed by atoms with Gasteiger partial charge in [0.1, 0.15) is 23.9 Å². The highest BCUT2D eigenvalue weighted by molar-refractivity contribution is 5.60. The van der Waals surface area contributed by atoms with Gasteiger partial charge in [-0.25, -0.2) is 4.98 Å². The molecule has 0 radical (unpaired) electrons. The Kier molecular flexibility index (Phi) is 4.44. The van der Waals surface area contributed by atoms with Gasteiger partial charge >= 0.3 is 0 Å². The van der Waals surface area contributed by atoms with E-state index in [-0.39, 0.29) is 0 Å². The van der Waals surface area contributed by atoms with E-state index >= 15 is 0 Å². The van der Waals surface area contributed by atoms with Crippen LogP contribution < -0.4 is 20.5 Å². The first-order chi connectivity index (χ1) is 9.29. The molecule has 1 aromatic carbocycles. The Labute approximate surface area is 112 Å². The zero-order valence-corrected chi connectivity index (χ0v) is 10.8. The van der Waals surface area contributed by atoms with E-state index in [0.717, 1.165) is 11.5 Å². The van der Waals surface area contributed by atoms with Crippen molar-refractivity contribution in [3.05, 3.63) is 42.6 Å². The molecule has 3 N–H and O–H groups in total. The number of aromatic nitrogens is 1. The molecule has 0 unspecified atom stereocenters. The molecule has 2 rings (SSSR count). The van der Waals surface area contributed by atoms with Crippen LogP contribution in [-0.2, 0) is 0 Å². The van der Waals surface area contributed by atoms with Crippen LogP contribution in [-0.4, -0.2) is 25.2 Å². The van der Waals surface area contributed by atoms with Gasteiger partial charge in [0.05, 0.1) is 19.3 Å². The molecule has 1 heterocycles. The molecule has 0 aliphatic heterocycles. The van der Waals surface area contributed by atoms with Crippen molar-refractivity contribution in [1.82, 2.24) is 4.98 Å². The highest BCUT2D eigenvalue weighted by Crippen LogP contribution is 2.17. The number of hydrogen-bond donors (Lipinski definition) is 2. The summed E-state index contributed by atoms with van der Waals surface area (Å²) in [6.45, 7) is 1.16. The van der Waals surface area contributed by atoms with Crippen LogP contribution in [0.1, 0.15) is 0 Å². The molecule has 0 aliphatic rings. The highest BCUT2D eigenvalue weighted by atomic mass is 16.5. The third-order valence-corrected chi connectivity index (χ3v) is 2.56.